The van der Waals surface area contributed by atoms with Gasteiger partial charge in [0.15, 0.2) is 0 Å². The normalized spacial score (nSPS) is 13.3. The first-order valence-corrected chi connectivity index (χ1v) is 18.9. The van der Waals surface area contributed by atoms with Crippen molar-refractivity contribution in [3.8, 4) is 0 Å². The van der Waals surface area contributed by atoms with Gasteiger partial charge in [0.25, 0.3) is 0 Å². The number of nitrogens with two attached hydrogens (primary N) is 2. The molecule has 2 nitrogen and oxygen atoms in total. The van der Waals surface area contributed by atoms with Gasteiger partial charge in [-0.15, -0.1) is 0 Å². The van der Waals surface area contributed by atoms with Crippen LogP contribution in [0.25, 0.3) is 0 Å². The van der Waals surface area contributed by atoms with Gasteiger partial charge in [-0.2, -0.15) is 0 Å². The molecule has 0 fully saturated rings. The molecular formula is C45H62N2. The van der Waals surface area contributed by atoms with Crippen molar-refractivity contribution in [2.45, 2.75) is 129 Å². The molecular weight excluding hydrogens is 569 g/mol. The Morgan fingerprint density at radius 2 is 0.723 bits per heavy atom. The summed E-state index contributed by atoms with van der Waals surface area (Å²) in [5.41, 5.74) is 22.3. The van der Waals surface area contributed by atoms with E-state index in [0.717, 1.165) is 24.2 Å². The Morgan fingerprint density at radius 1 is 0.383 bits per heavy atom. The predicted molar refractivity (Wildman–Crippen MR) is 206 cm³/mol. The average Bonchev–Trinajstić information content (AvgIpc) is 3.09. The second kappa shape index (κ2) is 20.0. The first-order valence-electron chi connectivity index (χ1n) is 18.9. The smallest absolute Gasteiger partial charge is 0.0314 e. The largest absolute Gasteiger partial charge is 0.399 e. The van der Waals surface area contributed by atoms with Crippen molar-refractivity contribution in [2.24, 2.45) is 5.92 Å². The van der Waals surface area contributed by atoms with Gasteiger partial charge >= 0.3 is 0 Å². The van der Waals surface area contributed by atoms with Crippen molar-refractivity contribution in [2.75, 3.05) is 11.5 Å². The van der Waals surface area contributed by atoms with E-state index in [2.05, 4.69) is 118 Å². The van der Waals surface area contributed by atoms with Gasteiger partial charge < -0.3 is 11.5 Å². The van der Waals surface area contributed by atoms with E-state index in [4.69, 9.17) is 11.5 Å². The standard InChI is InChI=1S/C45H62N2/c1-4-7-10-12-15-44(40-25-29-42(46)30-26-40)38-21-17-35(18-22-38)33-37(14-9-6-3)34-36-19-23-39(24-20-36)45(16-13-11-8-5-2)41-27-31-43(47)32-28-41/h17-32,37,44-45H,4-16,33-34,46-47H2,1-3H3. The van der Waals surface area contributed by atoms with Crippen LogP contribution in [0.3, 0.4) is 0 Å². The van der Waals surface area contributed by atoms with Crippen LogP contribution in [0.4, 0.5) is 11.4 Å². The van der Waals surface area contributed by atoms with Crippen LogP contribution >= 0.6 is 0 Å². The molecule has 2 heteroatoms. The summed E-state index contributed by atoms with van der Waals surface area (Å²) in [7, 11) is 0. The number of anilines is 2. The Hall–Kier alpha value is -3.52. The van der Waals surface area contributed by atoms with Crippen LogP contribution in [0.15, 0.2) is 97.1 Å². The summed E-state index contributed by atoms with van der Waals surface area (Å²) in [4.78, 5) is 0. The molecule has 2 unspecified atom stereocenters. The van der Waals surface area contributed by atoms with Gasteiger partial charge in [-0.25, -0.2) is 0 Å². The minimum atomic E-state index is 0.430. The highest BCUT2D eigenvalue weighted by molar-refractivity contribution is 5.44. The molecule has 0 aromatic heterocycles. The third kappa shape index (κ3) is 11.9. The Morgan fingerprint density at radius 3 is 1.06 bits per heavy atom. The topological polar surface area (TPSA) is 52.0 Å². The van der Waals surface area contributed by atoms with Gasteiger partial charge in [0.1, 0.15) is 0 Å². The molecule has 0 aliphatic heterocycles. The minimum absolute atomic E-state index is 0.430. The van der Waals surface area contributed by atoms with E-state index < -0.39 is 0 Å². The quantitative estimate of drug-likeness (QED) is 0.0711. The molecule has 4 aromatic rings. The van der Waals surface area contributed by atoms with Gasteiger partial charge in [-0.3, -0.25) is 0 Å². The number of rotatable bonds is 21. The third-order valence-electron chi connectivity index (χ3n) is 10.1. The van der Waals surface area contributed by atoms with Crippen molar-refractivity contribution >= 4 is 11.4 Å². The zero-order valence-corrected chi connectivity index (χ0v) is 29.7. The SMILES string of the molecule is CCCCCCC(c1ccc(N)cc1)c1ccc(CC(CCCC)Cc2ccc(C(CCCCCC)c3ccc(N)cc3)cc2)cc1. The fourth-order valence-electron chi connectivity index (χ4n) is 7.27. The molecule has 4 N–H and O–H groups in total. The molecule has 252 valence electrons. The number of nitrogen functional groups attached to an aromatic ring is 2. The molecule has 0 heterocycles. The van der Waals surface area contributed by atoms with E-state index in [-0.39, 0.29) is 0 Å². The summed E-state index contributed by atoms with van der Waals surface area (Å²) in [5, 5.41) is 0. The fourth-order valence-corrected chi connectivity index (χ4v) is 7.27. The van der Waals surface area contributed by atoms with Crippen LogP contribution in [-0.2, 0) is 12.8 Å². The highest BCUT2D eigenvalue weighted by Crippen LogP contribution is 2.33. The summed E-state index contributed by atoms with van der Waals surface area (Å²) < 4.78 is 0. The van der Waals surface area contributed by atoms with Crippen LogP contribution in [0, 0.1) is 5.92 Å². The van der Waals surface area contributed by atoms with Crippen molar-refractivity contribution < 1.29 is 0 Å². The zero-order valence-electron chi connectivity index (χ0n) is 29.7. The second-order valence-electron chi connectivity index (χ2n) is 14.0. The van der Waals surface area contributed by atoms with E-state index in [9.17, 15) is 0 Å². The Kier molecular flexibility index (Phi) is 15.4. The highest BCUT2D eigenvalue weighted by Gasteiger charge is 2.17. The maximum absolute atomic E-state index is 6.03. The summed E-state index contributed by atoms with van der Waals surface area (Å²) in [6.07, 6.45) is 18.8. The van der Waals surface area contributed by atoms with Crippen LogP contribution in [0.5, 0.6) is 0 Å². The summed E-state index contributed by atoms with van der Waals surface area (Å²) >= 11 is 0. The lowest BCUT2D eigenvalue weighted by Crippen LogP contribution is -2.10. The molecule has 4 aromatic carbocycles. The van der Waals surface area contributed by atoms with E-state index in [0.29, 0.717) is 17.8 Å². The molecule has 0 saturated heterocycles. The predicted octanol–water partition coefficient (Wildman–Crippen LogP) is 12.6. The van der Waals surface area contributed by atoms with Crippen LogP contribution in [0.1, 0.15) is 149 Å². The lowest BCUT2D eigenvalue weighted by atomic mass is 9.84. The van der Waals surface area contributed by atoms with Crippen LogP contribution in [-0.4, -0.2) is 0 Å². The second-order valence-corrected chi connectivity index (χ2v) is 14.0. The molecule has 0 aliphatic rings. The minimum Gasteiger partial charge on any atom is -0.399 e. The van der Waals surface area contributed by atoms with Crippen molar-refractivity contribution in [3.63, 3.8) is 0 Å². The van der Waals surface area contributed by atoms with E-state index in [1.54, 1.807) is 0 Å². The number of unbranched alkanes of at least 4 members (excludes halogenated alkanes) is 7. The third-order valence-corrected chi connectivity index (χ3v) is 10.1. The fraction of sp³-hybridized carbons (Fsp3) is 0.467. The van der Waals surface area contributed by atoms with Gasteiger partial charge in [0.2, 0.25) is 0 Å². The molecule has 0 amide bonds. The number of hydrogen-bond acceptors (Lipinski definition) is 2. The highest BCUT2D eigenvalue weighted by atomic mass is 14.5. The number of hydrogen-bond donors (Lipinski definition) is 2. The molecule has 4 rings (SSSR count). The van der Waals surface area contributed by atoms with E-state index in [1.807, 2.05) is 0 Å². The van der Waals surface area contributed by atoms with Crippen LogP contribution < -0.4 is 11.5 Å². The maximum atomic E-state index is 6.03. The molecule has 0 radical (unpaired) electrons. The maximum Gasteiger partial charge on any atom is 0.0314 e. The molecule has 0 bridgehead atoms. The monoisotopic (exact) mass is 630 g/mol. The summed E-state index contributed by atoms with van der Waals surface area (Å²) in [6, 6.07) is 36.4. The first-order chi connectivity index (χ1) is 23.0. The first kappa shape index (κ1) is 36.3. The Balaban J connectivity index is 1.45. The van der Waals surface area contributed by atoms with Crippen LogP contribution in [0.2, 0.25) is 0 Å². The van der Waals surface area contributed by atoms with Gasteiger partial charge in [-0.05, 0) is 95.7 Å². The molecule has 2 atom stereocenters. The zero-order chi connectivity index (χ0) is 33.3. The van der Waals surface area contributed by atoms with Crippen molar-refractivity contribution in [3.05, 3.63) is 130 Å². The van der Waals surface area contributed by atoms with Gasteiger partial charge in [-0.1, -0.05) is 158 Å². The molecule has 0 spiro atoms. The van der Waals surface area contributed by atoms with Crippen molar-refractivity contribution in [1.82, 2.24) is 0 Å². The Labute approximate surface area is 287 Å². The van der Waals surface area contributed by atoms with Gasteiger partial charge in [0.05, 0.1) is 0 Å². The van der Waals surface area contributed by atoms with E-state index in [1.165, 1.54) is 117 Å². The number of benzene rings is 4. The molecule has 0 aliphatic carbocycles. The van der Waals surface area contributed by atoms with Crippen molar-refractivity contribution in [1.29, 1.82) is 0 Å². The molecule has 0 saturated carbocycles. The average molecular weight is 631 g/mol. The lowest BCUT2D eigenvalue weighted by Gasteiger charge is -2.21. The van der Waals surface area contributed by atoms with E-state index >= 15 is 0 Å². The lowest BCUT2D eigenvalue weighted by molar-refractivity contribution is 0.460. The Bertz CT molecular complexity index is 1280. The molecule has 47 heavy (non-hydrogen) atoms. The van der Waals surface area contributed by atoms with Gasteiger partial charge in [0, 0.05) is 23.2 Å². The summed E-state index contributed by atoms with van der Waals surface area (Å²) in [6.45, 7) is 6.89. The summed E-state index contributed by atoms with van der Waals surface area (Å²) in [5.74, 6) is 1.51.